The lowest BCUT2D eigenvalue weighted by Gasteiger charge is -2.08. The molecule has 2 aromatic carbocycles. The number of hydrogen-bond acceptors (Lipinski definition) is 2. The van der Waals surface area contributed by atoms with Crippen LogP contribution in [0.25, 0.3) is 11.1 Å². The summed E-state index contributed by atoms with van der Waals surface area (Å²) in [5, 5.41) is 18.9. The monoisotopic (exact) mass is 214 g/mol. The van der Waals surface area contributed by atoms with Crippen LogP contribution in [0.1, 0.15) is 11.1 Å². The third-order valence-corrected chi connectivity index (χ3v) is 2.58. The normalized spacial score (nSPS) is 10.4. The summed E-state index contributed by atoms with van der Waals surface area (Å²) in [5.74, 6) is 0.528. The van der Waals surface area contributed by atoms with Gasteiger partial charge in [0.15, 0.2) is 0 Å². The Morgan fingerprint density at radius 1 is 0.812 bits per heavy atom. The van der Waals surface area contributed by atoms with E-state index in [0.29, 0.717) is 0 Å². The number of aromatic hydroxyl groups is 2. The number of rotatable bonds is 1. The maximum atomic E-state index is 9.55. The smallest absolute Gasteiger partial charge is 0.116 e. The molecule has 0 radical (unpaired) electrons. The summed E-state index contributed by atoms with van der Waals surface area (Å²) >= 11 is 0. The molecule has 0 saturated heterocycles. The van der Waals surface area contributed by atoms with Crippen molar-refractivity contribution in [3.8, 4) is 22.6 Å². The fourth-order valence-corrected chi connectivity index (χ4v) is 1.89. The van der Waals surface area contributed by atoms with Gasteiger partial charge in [-0.05, 0) is 60.4 Å². The first-order valence-corrected chi connectivity index (χ1v) is 5.17. The van der Waals surface area contributed by atoms with E-state index in [1.54, 1.807) is 24.3 Å². The fourth-order valence-electron chi connectivity index (χ4n) is 1.89. The Bertz CT molecular complexity index is 510. The van der Waals surface area contributed by atoms with E-state index in [9.17, 15) is 10.2 Å². The fraction of sp³-hybridized carbons (Fsp3) is 0.143. The molecule has 2 heteroatoms. The highest BCUT2D eigenvalue weighted by Gasteiger charge is 2.04. The Hall–Kier alpha value is -1.96. The number of benzene rings is 2. The number of phenols is 2. The van der Waals surface area contributed by atoms with Gasteiger partial charge >= 0.3 is 0 Å². The molecular formula is C14H14O2. The Morgan fingerprint density at radius 3 is 2.19 bits per heavy atom. The summed E-state index contributed by atoms with van der Waals surface area (Å²) in [7, 11) is 0. The van der Waals surface area contributed by atoms with E-state index in [-0.39, 0.29) is 11.5 Å². The third-order valence-electron chi connectivity index (χ3n) is 2.58. The molecule has 16 heavy (non-hydrogen) atoms. The van der Waals surface area contributed by atoms with Gasteiger partial charge in [-0.2, -0.15) is 0 Å². The minimum atomic E-state index is 0.262. The average molecular weight is 214 g/mol. The van der Waals surface area contributed by atoms with Gasteiger partial charge in [-0.3, -0.25) is 0 Å². The molecule has 0 unspecified atom stereocenters. The highest BCUT2D eigenvalue weighted by Crippen LogP contribution is 2.29. The van der Waals surface area contributed by atoms with Gasteiger partial charge in [0.05, 0.1) is 0 Å². The van der Waals surface area contributed by atoms with Crippen molar-refractivity contribution in [2.24, 2.45) is 0 Å². The van der Waals surface area contributed by atoms with Crippen LogP contribution in [0.2, 0.25) is 0 Å². The molecule has 0 aromatic heterocycles. The van der Waals surface area contributed by atoms with Crippen LogP contribution in [0.15, 0.2) is 36.4 Å². The van der Waals surface area contributed by atoms with Crippen molar-refractivity contribution in [1.29, 1.82) is 0 Å². The molecule has 0 aliphatic rings. The topological polar surface area (TPSA) is 40.5 Å². The molecule has 2 rings (SSSR count). The lowest BCUT2D eigenvalue weighted by atomic mass is 9.98. The van der Waals surface area contributed by atoms with Gasteiger partial charge in [0, 0.05) is 0 Å². The van der Waals surface area contributed by atoms with Crippen LogP contribution in [0.4, 0.5) is 0 Å². The molecule has 0 bridgehead atoms. The molecule has 0 aliphatic heterocycles. The van der Waals surface area contributed by atoms with Gasteiger partial charge in [0.25, 0.3) is 0 Å². The van der Waals surface area contributed by atoms with Crippen molar-refractivity contribution in [2.45, 2.75) is 13.8 Å². The second-order valence-electron chi connectivity index (χ2n) is 4.06. The van der Waals surface area contributed by atoms with Crippen molar-refractivity contribution in [3.63, 3.8) is 0 Å². The molecule has 0 fully saturated rings. The predicted molar refractivity (Wildman–Crippen MR) is 64.7 cm³/mol. The van der Waals surface area contributed by atoms with Gasteiger partial charge in [-0.15, -0.1) is 0 Å². The molecule has 82 valence electrons. The highest BCUT2D eigenvalue weighted by atomic mass is 16.3. The van der Waals surface area contributed by atoms with E-state index in [1.165, 1.54) is 0 Å². The zero-order valence-electron chi connectivity index (χ0n) is 9.36. The minimum Gasteiger partial charge on any atom is -0.508 e. The number of phenolic OH excluding ortho intramolecular Hbond substituents is 2. The summed E-state index contributed by atoms with van der Waals surface area (Å²) in [4.78, 5) is 0. The maximum absolute atomic E-state index is 9.55. The standard InChI is InChI=1S/C14H14O2/c1-9-5-11(8-13(16)6-9)14-4-3-12(15)7-10(14)2/h3-8,15-16H,1-2H3. The lowest BCUT2D eigenvalue weighted by molar-refractivity contribution is 0.475. The molecule has 0 aliphatic carbocycles. The van der Waals surface area contributed by atoms with E-state index >= 15 is 0 Å². The number of hydrogen-bond donors (Lipinski definition) is 2. The van der Waals surface area contributed by atoms with Crippen molar-refractivity contribution in [2.75, 3.05) is 0 Å². The predicted octanol–water partition coefficient (Wildman–Crippen LogP) is 3.38. The van der Waals surface area contributed by atoms with Crippen LogP contribution < -0.4 is 0 Å². The maximum Gasteiger partial charge on any atom is 0.116 e. The van der Waals surface area contributed by atoms with Crippen LogP contribution in [0.5, 0.6) is 11.5 Å². The SMILES string of the molecule is Cc1cc(O)cc(-c2ccc(O)cc2C)c1. The third kappa shape index (κ3) is 2.01. The number of aryl methyl sites for hydroxylation is 2. The lowest BCUT2D eigenvalue weighted by Crippen LogP contribution is -1.84. The first-order valence-electron chi connectivity index (χ1n) is 5.17. The molecule has 2 aromatic rings. The molecule has 0 saturated carbocycles. The Labute approximate surface area is 94.8 Å². The average Bonchev–Trinajstić information content (AvgIpc) is 2.15. The summed E-state index contributed by atoms with van der Waals surface area (Å²) in [6.45, 7) is 3.88. The summed E-state index contributed by atoms with van der Waals surface area (Å²) in [6, 6.07) is 10.7. The molecule has 0 spiro atoms. The van der Waals surface area contributed by atoms with E-state index in [2.05, 4.69) is 0 Å². The second kappa shape index (κ2) is 3.89. The molecule has 2 nitrogen and oxygen atoms in total. The van der Waals surface area contributed by atoms with Crippen molar-refractivity contribution >= 4 is 0 Å². The van der Waals surface area contributed by atoms with Crippen LogP contribution in [0, 0.1) is 13.8 Å². The second-order valence-corrected chi connectivity index (χ2v) is 4.06. The van der Waals surface area contributed by atoms with Crippen LogP contribution >= 0.6 is 0 Å². The van der Waals surface area contributed by atoms with Crippen molar-refractivity contribution in [3.05, 3.63) is 47.5 Å². The van der Waals surface area contributed by atoms with Crippen molar-refractivity contribution in [1.82, 2.24) is 0 Å². The van der Waals surface area contributed by atoms with Crippen LogP contribution in [-0.4, -0.2) is 10.2 Å². The van der Waals surface area contributed by atoms with Gasteiger partial charge < -0.3 is 10.2 Å². The quantitative estimate of drug-likeness (QED) is 0.764. The van der Waals surface area contributed by atoms with Crippen LogP contribution in [-0.2, 0) is 0 Å². The Morgan fingerprint density at radius 2 is 1.56 bits per heavy atom. The zero-order chi connectivity index (χ0) is 11.7. The minimum absolute atomic E-state index is 0.262. The van der Waals surface area contributed by atoms with Gasteiger partial charge in [0.1, 0.15) is 11.5 Å². The summed E-state index contributed by atoms with van der Waals surface area (Å²) in [5.41, 5.74) is 4.00. The van der Waals surface area contributed by atoms with Gasteiger partial charge in [-0.25, -0.2) is 0 Å². The van der Waals surface area contributed by atoms with E-state index in [4.69, 9.17) is 0 Å². The molecule has 0 amide bonds. The summed E-state index contributed by atoms with van der Waals surface area (Å²) < 4.78 is 0. The Kier molecular flexibility index (Phi) is 2.57. The van der Waals surface area contributed by atoms with Crippen molar-refractivity contribution < 1.29 is 10.2 Å². The van der Waals surface area contributed by atoms with Gasteiger partial charge in [-0.1, -0.05) is 12.1 Å². The molecular weight excluding hydrogens is 200 g/mol. The van der Waals surface area contributed by atoms with Crippen LogP contribution in [0.3, 0.4) is 0 Å². The van der Waals surface area contributed by atoms with E-state index < -0.39 is 0 Å². The van der Waals surface area contributed by atoms with E-state index in [1.807, 2.05) is 26.0 Å². The first-order chi connectivity index (χ1) is 7.56. The summed E-state index contributed by atoms with van der Waals surface area (Å²) in [6.07, 6.45) is 0. The molecule has 0 atom stereocenters. The Balaban J connectivity index is 2.58. The van der Waals surface area contributed by atoms with E-state index in [0.717, 1.165) is 22.3 Å². The molecule has 2 N–H and O–H groups in total. The molecule has 0 heterocycles. The zero-order valence-corrected chi connectivity index (χ0v) is 9.36. The highest BCUT2D eigenvalue weighted by molar-refractivity contribution is 5.70. The first kappa shape index (κ1) is 10.6. The largest absolute Gasteiger partial charge is 0.508 e. The van der Waals surface area contributed by atoms with Gasteiger partial charge in [0.2, 0.25) is 0 Å².